The Morgan fingerprint density at radius 1 is 1.17 bits per heavy atom. The zero-order valence-corrected chi connectivity index (χ0v) is 12.8. The van der Waals surface area contributed by atoms with E-state index in [9.17, 15) is 4.79 Å². The Kier molecular flexibility index (Phi) is 4.62. The number of rotatable bonds is 3. The van der Waals surface area contributed by atoms with Gasteiger partial charge in [-0.25, -0.2) is 0 Å². The highest BCUT2D eigenvalue weighted by atomic mass is 79.9. The minimum atomic E-state index is -0.467. The number of methoxy groups -OCH3 is 2. The smallest absolute Gasteiger partial charge is 0.229 e. The van der Waals surface area contributed by atoms with Crippen molar-refractivity contribution in [3.05, 3.63) is 16.6 Å². The van der Waals surface area contributed by atoms with Gasteiger partial charge >= 0.3 is 0 Å². The Hall–Kier alpha value is -1.23. The third-order valence-corrected chi connectivity index (χ3v) is 3.02. The SMILES string of the molecule is COc1cc(NC(=O)C(C)(C)C)c(OC)cc1Br. The van der Waals surface area contributed by atoms with Gasteiger partial charge in [-0.1, -0.05) is 20.8 Å². The summed E-state index contributed by atoms with van der Waals surface area (Å²) in [6, 6.07) is 3.49. The van der Waals surface area contributed by atoms with Gasteiger partial charge in [-0.3, -0.25) is 4.79 Å². The van der Waals surface area contributed by atoms with Gasteiger partial charge in [0.25, 0.3) is 0 Å². The van der Waals surface area contributed by atoms with E-state index in [1.807, 2.05) is 20.8 Å². The number of hydrogen-bond donors (Lipinski definition) is 1. The normalized spacial score (nSPS) is 11.0. The Morgan fingerprint density at radius 3 is 2.17 bits per heavy atom. The molecule has 5 heteroatoms. The molecule has 1 aromatic rings. The van der Waals surface area contributed by atoms with E-state index < -0.39 is 5.41 Å². The molecule has 0 heterocycles. The Bertz CT molecular complexity index is 452. The van der Waals surface area contributed by atoms with E-state index >= 15 is 0 Å². The summed E-state index contributed by atoms with van der Waals surface area (Å²) >= 11 is 3.37. The van der Waals surface area contributed by atoms with E-state index in [-0.39, 0.29) is 5.91 Å². The topological polar surface area (TPSA) is 47.6 Å². The van der Waals surface area contributed by atoms with Crippen LogP contribution < -0.4 is 14.8 Å². The fourth-order valence-electron chi connectivity index (χ4n) is 1.27. The summed E-state index contributed by atoms with van der Waals surface area (Å²) in [5, 5.41) is 2.84. The first kappa shape index (κ1) is 14.8. The van der Waals surface area contributed by atoms with Crippen molar-refractivity contribution in [1.29, 1.82) is 0 Å². The van der Waals surface area contributed by atoms with Gasteiger partial charge in [0.1, 0.15) is 11.5 Å². The van der Waals surface area contributed by atoms with Crippen LogP contribution in [0.25, 0.3) is 0 Å². The number of ether oxygens (including phenoxy) is 2. The van der Waals surface area contributed by atoms with Gasteiger partial charge in [0.2, 0.25) is 5.91 Å². The first-order valence-electron chi connectivity index (χ1n) is 5.52. The summed E-state index contributed by atoms with van der Waals surface area (Å²) in [4.78, 5) is 12.0. The highest BCUT2D eigenvalue weighted by Crippen LogP contribution is 2.36. The average Bonchev–Trinajstić information content (AvgIpc) is 2.29. The van der Waals surface area contributed by atoms with Crippen molar-refractivity contribution in [3.8, 4) is 11.5 Å². The molecule has 0 aliphatic heterocycles. The van der Waals surface area contributed by atoms with E-state index in [1.165, 1.54) is 0 Å². The molecule has 0 aromatic heterocycles. The predicted molar refractivity (Wildman–Crippen MR) is 75.3 cm³/mol. The van der Waals surface area contributed by atoms with Crippen LogP contribution in [0.2, 0.25) is 0 Å². The van der Waals surface area contributed by atoms with Crippen LogP contribution >= 0.6 is 15.9 Å². The average molecular weight is 316 g/mol. The number of amides is 1. The molecular formula is C13H18BrNO3. The first-order valence-corrected chi connectivity index (χ1v) is 6.32. The third kappa shape index (κ3) is 3.38. The number of carbonyl (C=O) groups excluding carboxylic acids is 1. The molecule has 0 saturated carbocycles. The van der Waals surface area contributed by atoms with Gasteiger partial charge < -0.3 is 14.8 Å². The summed E-state index contributed by atoms with van der Waals surface area (Å²) in [5.41, 5.74) is 0.128. The summed E-state index contributed by atoms with van der Waals surface area (Å²) in [7, 11) is 3.13. The molecule has 0 saturated heterocycles. The van der Waals surface area contributed by atoms with Gasteiger partial charge in [0, 0.05) is 17.5 Å². The maximum atomic E-state index is 12.0. The van der Waals surface area contributed by atoms with Crippen LogP contribution in [0.1, 0.15) is 20.8 Å². The molecule has 1 amide bonds. The van der Waals surface area contributed by atoms with Gasteiger partial charge in [-0.2, -0.15) is 0 Å². The van der Waals surface area contributed by atoms with Crippen LogP contribution in [0.3, 0.4) is 0 Å². The second-order valence-electron chi connectivity index (χ2n) is 4.89. The molecule has 0 aliphatic rings. The van der Waals surface area contributed by atoms with Crippen molar-refractivity contribution >= 4 is 27.5 Å². The largest absolute Gasteiger partial charge is 0.495 e. The van der Waals surface area contributed by atoms with E-state index in [2.05, 4.69) is 21.2 Å². The molecule has 0 fully saturated rings. The molecule has 4 nitrogen and oxygen atoms in total. The van der Waals surface area contributed by atoms with Crippen molar-refractivity contribution in [2.75, 3.05) is 19.5 Å². The van der Waals surface area contributed by atoms with Gasteiger partial charge in [0.05, 0.1) is 24.4 Å². The Morgan fingerprint density at radius 2 is 1.72 bits per heavy atom. The number of nitrogens with one attached hydrogen (secondary N) is 1. The molecule has 0 aliphatic carbocycles. The summed E-state index contributed by atoms with van der Waals surface area (Å²) in [6.07, 6.45) is 0. The second kappa shape index (κ2) is 5.61. The molecule has 0 spiro atoms. The fourth-order valence-corrected chi connectivity index (χ4v) is 1.75. The minimum Gasteiger partial charge on any atom is -0.495 e. The second-order valence-corrected chi connectivity index (χ2v) is 5.75. The van der Waals surface area contributed by atoms with Crippen LogP contribution in [-0.2, 0) is 4.79 Å². The van der Waals surface area contributed by atoms with Gasteiger partial charge in [-0.05, 0) is 15.9 Å². The van der Waals surface area contributed by atoms with Gasteiger partial charge in [0.15, 0.2) is 0 Å². The van der Waals surface area contributed by atoms with Crippen molar-refractivity contribution in [2.24, 2.45) is 5.41 Å². The monoisotopic (exact) mass is 315 g/mol. The summed E-state index contributed by atoms with van der Waals surface area (Å²) in [5.74, 6) is 1.14. The maximum Gasteiger partial charge on any atom is 0.229 e. The lowest BCUT2D eigenvalue weighted by atomic mass is 9.95. The minimum absolute atomic E-state index is 0.0785. The number of anilines is 1. The molecule has 0 radical (unpaired) electrons. The van der Waals surface area contributed by atoms with E-state index in [0.717, 1.165) is 4.47 Å². The van der Waals surface area contributed by atoms with Crippen molar-refractivity contribution in [3.63, 3.8) is 0 Å². The molecular weight excluding hydrogens is 298 g/mol. The zero-order valence-electron chi connectivity index (χ0n) is 11.3. The lowest BCUT2D eigenvalue weighted by Gasteiger charge is -2.19. The van der Waals surface area contributed by atoms with Crippen molar-refractivity contribution < 1.29 is 14.3 Å². The number of carbonyl (C=O) groups is 1. The summed E-state index contributed by atoms with van der Waals surface area (Å²) < 4.78 is 11.2. The zero-order chi connectivity index (χ0) is 13.9. The number of hydrogen-bond acceptors (Lipinski definition) is 3. The van der Waals surface area contributed by atoms with Crippen LogP contribution in [0.15, 0.2) is 16.6 Å². The van der Waals surface area contributed by atoms with Crippen LogP contribution in [0, 0.1) is 5.41 Å². The van der Waals surface area contributed by atoms with Crippen LogP contribution in [0.5, 0.6) is 11.5 Å². The van der Waals surface area contributed by atoms with Crippen molar-refractivity contribution in [2.45, 2.75) is 20.8 Å². The lowest BCUT2D eigenvalue weighted by Crippen LogP contribution is -2.27. The molecule has 1 aromatic carbocycles. The third-order valence-electron chi connectivity index (χ3n) is 2.40. The summed E-state index contributed by atoms with van der Waals surface area (Å²) in [6.45, 7) is 5.56. The Balaban J connectivity index is 3.11. The molecule has 100 valence electrons. The van der Waals surface area contributed by atoms with E-state index in [1.54, 1.807) is 26.4 Å². The van der Waals surface area contributed by atoms with Crippen molar-refractivity contribution in [1.82, 2.24) is 0 Å². The van der Waals surface area contributed by atoms with Crippen LogP contribution in [-0.4, -0.2) is 20.1 Å². The molecule has 0 unspecified atom stereocenters. The lowest BCUT2D eigenvalue weighted by molar-refractivity contribution is -0.123. The molecule has 0 bridgehead atoms. The highest BCUT2D eigenvalue weighted by Gasteiger charge is 2.23. The maximum absolute atomic E-state index is 12.0. The number of benzene rings is 1. The fraction of sp³-hybridized carbons (Fsp3) is 0.462. The molecule has 1 rings (SSSR count). The van der Waals surface area contributed by atoms with E-state index in [0.29, 0.717) is 17.2 Å². The first-order chi connectivity index (χ1) is 8.29. The standard InChI is InChI=1S/C13H18BrNO3/c1-13(2,3)12(16)15-9-7-10(17-4)8(14)6-11(9)18-5/h6-7H,1-5H3,(H,15,16). The molecule has 0 atom stereocenters. The highest BCUT2D eigenvalue weighted by molar-refractivity contribution is 9.10. The number of halogens is 1. The predicted octanol–water partition coefficient (Wildman–Crippen LogP) is 3.45. The van der Waals surface area contributed by atoms with Crippen LogP contribution in [0.4, 0.5) is 5.69 Å². The van der Waals surface area contributed by atoms with E-state index in [4.69, 9.17) is 9.47 Å². The quantitative estimate of drug-likeness (QED) is 0.929. The molecule has 18 heavy (non-hydrogen) atoms. The molecule has 1 N–H and O–H groups in total. The Labute approximate surface area is 116 Å². The van der Waals surface area contributed by atoms with Gasteiger partial charge in [-0.15, -0.1) is 0 Å².